The molecule has 0 saturated heterocycles. The summed E-state index contributed by atoms with van der Waals surface area (Å²) in [5, 5.41) is 2.65. The number of hydrogen-bond donors (Lipinski definition) is 1. The first-order valence-corrected chi connectivity index (χ1v) is 7.29. The van der Waals surface area contributed by atoms with Crippen LogP contribution in [0.4, 0.5) is 10.1 Å². The van der Waals surface area contributed by atoms with Gasteiger partial charge in [-0.3, -0.25) is 4.79 Å². The zero-order valence-electron chi connectivity index (χ0n) is 13.0. The van der Waals surface area contributed by atoms with E-state index in [1.54, 1.807) is 19.1 Å². The van der Waals surface area contributed by atoms with Gasteiger partial charge >= 0.3 is 0 Å². The van der Waals surface area contributed by atoms with Gasteiger partial charge in [0.05, 0.1) is 0 Å². The van der Waals surface area contributed by atoms with E-state index >= 15 is 0 Å². The maximum absolute atomic E-state index is 13.1. The Labute approximate surface area is 130 Å². The molecule has 0 saturated carbocycles. The van der Waals surface area contributed by atoms with Gasteiger partial charge in [0.15, 0.2) is 6.10 Å². The number of rotatable bonds is 5. The van der Waals surface area contributed by atoms with Crippen LogP contribution in [0.1, 0.15) is 32.3 Å². The van der Waals surface area contributed by atoms with Gasteiger partial charge in [-0.25, -0.2) is 4.39 Å². The normalized spacial score (nSPS) is 12.0. The summed E-state index contributed by atoms with van der Waals surface area (Å²) in [7, 11) is 0. The van der Waals surface area contributed by atoms with Crippen molar-refractivity contribution in [2.45, 2.75) is 32.8 Å². The number of anilines is 1. The number of ether oxygens (including phenoxy) is 1. The van der Waals surface area contributed by atoms with Crippen LogP contribution in [0.2, 0.25) is 0 Å². The number of nitrogens with one attached hydrogen (secondary N) is 1. The highest BCUT2D eigenvalue weighted by Gasteiger charge is 2.17. The van der Waals surface area contributed by atoms with Crippen molar-refractivity contribution in [2.75, 3.05) is 5.32 Å². The molecule has 2 aromatic rings. The summed E-state index contributed by atoms with van der Waals surface area (Å²) in [5.74, 6) is 0.287. The van der Waals surface area contributed by atoms with E-state index in [9.17, 15) is 9.18 Å². The topological polar surface area (TPSA) is 38.3 Å². The number of hydrogen-bond acceptors (Lipinski definition) is 2. The Morgan fingerprint density at radius 2 is 1.82 bits per heavy atom. The molecule has 0 spiro atoms. The number of benzene rings is 2. The van der Waals surface area contributed by atoms with Crippen LogP contribution in [0.3, 0.4) is 0 Å². The lowest BCUT2D eigenvalue weighted by Crippen LogP contribution is -2.30. The Bertz CT molecular complexity index is 655. The van der Waals surface area contributed by atoms with Gasteiger partial charge in [-0.1, -0.05) is 38.1 Å². The van der Waals surface area contributed by atoms with Gasteiger partial charge in [0.2, 0.25) is 0 Å². The van der Waals surface area contributed by atoms with Crippen molar-refractivity contribution in [3.05, 3.63) is 59.9 Å². The predicted molar refractivity (Wildman–Crippen MR) is 85.7 cm³/mol. The van der Waals surface area contributed by atoms with Crippen LogP contribution >= 0.6 is 0 Å². The molecule has 0 aliphatic rings. The Hall–Kier alpha value is -2.36. The van der Waals surface area contributed by atoms with Crippen molar-refractivity contribution in [3.8, 4) is 5.75 Å². The summed E-state index contributed by atoms with van der Waals surface area (Å²) >= 11 is 0. The predicted octanol–water partition coefficient (Wildman–Crippen LogP) is 4.36. The summed E-state index contributed by atoms with van der Waals surface area (Å²) in [6, 6.07) is 13.4. The van der Waals surface area contributed by atoms with Gasteiger partial charge < -0.3 is 10.1 Å². The molecule has 2 rings (SSSR count). The Morgan fingerprint density at radius 1 is 1.09 bits per heavy atom. The maximum Gasteiger partial charge on any atom is 0.265 e. The molecule has 2 aromatic carbocycles. The Kier molecular flexibility index (Phi) is 5.15. The lowest BCUT2D eigenvalue weighted by atomic mass is 10.0. The smallest absolute Gasteiger partial charge is 0.265 e. The molecule has 116 valence electrons. The first kappa shape index (κ1) is 16.0. The van der Waals surface area contributed by atoms with Gasteiger partial charge in [-0.2, -0.15) is 0 Å². The molecule has 0 aromatic heterocycles. The summed E-state index contributed by atoms with van der Waals surface area (Å²) in [5.41, 5.74) is 1.46. The zero-order chi connectivity index (χ0) is 16.1. The van der Waals surface area contributed by atoms with Gasteiger partial charge in [0, 0.05) is 5.69 Å². The van der Waals surface area contributed by atoms with Gasteiger partial charge in [-0.05, 0) is 42.7 Å². The quantitative estimate of drug-likeness (QED) is 0.891. The fourth-order valence-corrected chi connectivity index (χ4v) is 2.12. The number of carbonyl (C=O) groups is 1. The molecule has 0 heterocycles. The van der Waals surface area contributed by atoms with Crippen molar-refractivity contribution in [2.24, 2.45) is 0 Å². The number of para-hydroxylation sites is 1. The lowest BCUT2D eigenvalue weighted by Gasteiger charge is -2.18. The third-order valence-electron chi connectivity index (χ3n) is 3.31. The molecule has 0 fully saturated rings. The van der Waals surface area contributed by atoms with Crippen molar-refractivity contribution in [1.82, 2.24) is 0 Å². The minimum atomic E-state index is -0.678. The number of carbonyl (C=O) groups excluding carboxylic acids is 1. The van der Waals surface area contributed by atoms with Crippen molar-refractivity contribution < 1.29 is 13.9 Å². The maximum atomic E-state index is 13.1. The average Bonchev–Trinajstić information content (AvgIpc) is 2.47. The Morgan fingerprint density at radius 3 is 2.50 bits per heavy atom. The van der Waals surface area contributed by atoms with Crippen LogP contribution in [-0.2, 0) is 4.79 Å². The van der Waals surface area contributed by atoms with E-state index in [0.29, 0.717) is 17.4 Å². The van der Waals surface area contributed by atoms with Crippen molar-refractivity contribution >= 4 is 11.6 Å². The summed E-state index contributed by atoms with van der Waals surface area (Å²) in [6.07, 6.45) is -0.678. The number of amides is 1. The molecule has 0 aliphatic carbocycles. The standard InChI is InChI=1S/C18H20FNO2/c1-12(2)16-9-4-5-10-17(16)22-13(3)18(21)20-15-8-6-7-14(19)11-15/h4-13H,1-3H3,(H,20,21)/t13-/m1/s1. The van der Waals surface area contributed by atoms with Crippen LogP contribution in [0, 0.1) is 5.82 Å². The molecule has 3 nitrogen and oxygen atoms in total. The average molecular weight is 301 g/mol. The molecule has 0 aliphatic heterocycles. The molecule has 0 bridgehead atoms. The third kappa shape index (κ3) is 4.07. The molecule has 0 unspecified atom stereocenters. The van der Waals surface area contributed by atoms with Crippen molar-refractivity contribution in [1.29, 1.82) is 0 Å². The van der Waals surface area contributed by atoms with Crippen LogP contribution in [-0.4, -0.2) is 12.0 Å². The van der Waals surface area contributed by atoms with Gasteiger partial charge in [-0.15, -0.1) is 0 Å². The van der Waals surface area contributed by atoms with Crippen LogP contribution in [0.25, 0.3) is 0 Å². The SMILES string of the molecule is CC(C)c1ccccc1O[C@H](C)C(=O)Nc1cccc(F)c1. The Balaban J connectivity index is 2.06. The van der Waals surface area contributed by atoms with Gasteiger partial charge in [0.25, 0.3) is 5.91 Å². The summed E-state index contributed by atoms with van der Waals surface area (Å²) < 4.78 is 18.9. The van der Waals surface area contributed by atoms with Crippen molar-refractivity contribution in [3.63, 3.8) is 0 Å². The number of halogens is 1. The fraction of sp³-hybridized carbons (Fsp3) is 0.278. The van der Waals surface area contributed by atoms with Crippen LogP contribution in [0.5, 0.6) is 5.75 Å². The van der Waals surface area contributed by atoms with E-state index in [1.807, 2.05) is 24.3 Å². The third-order valence-corrected chi connectivity index (χ3v) is 3.31. The first-order valence-electron chi connectivity index (χ1n) is 7.29. The zero-order valence-corrected chi connectivity index (χ0v) is 13.0. The molecule has 4 heteroatoms. The van der Waals surface area contributed by atoms with E-state index < -0.39 is 11.9 Å². The summed E-state index contributed by atoms with van der Waals surface area (Å²) in [4.78, 5) is 12.2. The highest BCUT2D eigenvalue weighted by Crippen LogP contribution is 2.26. The molecule has 22 heavy (non-hydrogen) atoms. The highest BCUT2D eigenvalue weighted by molar-refractivity contribution is 5.94. The second-order valence-electron chi connectivity index (χ2n) is 5.45. The minimum Gasteiger partial charge on any atom is -0.481 e. The summed E-state index contributed by atoms with van der Waals surface area (Å²) in [6.45, 7) is 5.81. The lowest BCUT2D eigenvalue weighted by molar-refractivity contribution is -0.122. The second kappa shape index (κ2) is 7.07. The monoisotopic (exact) mass is 301 g/mol. The highest BCUT2D eigenvalue weighted by atomic mass is 19.1. The van der Waals surface area contributed by atoms with E-state index in [-0.39, 0.29) is 5.91 Å². The molecule has 1 N–H and O–H groups in total. The van der Waals surface area contributed by atoms with E-state index in [0.717, 1.165) is 5.56 Å². The van der Waals surface area contributed by atoms with Gasteiger partial charge in [0.1, 0.15) is 11.6 Å². The van der Waals surface area contributed by atoms with Crippen LogP contribution in [0.15, 0.2) is 48.5 Å². The largest absolute Gasteiger partial charge is 0.481 e. The van der Waals surface area contributed by atoms with E-state index in [4.69, 9.17) is 4.74 Å². The van der Waals surface area contributed by atoms with Crippen LogP contribution < -0.4 is 10.1 Å². The molecule has 1 amide bonds. The first-order chi connectivity index (χ1) is 10.5. The fourth-order valence-electron chi connectivity index (χ4n) is 2.12. The molecular weight excluding hydrogens is 281 g/mol. The molecule has 0 radical (unpaired) electrons. The minimum absolute atomic E-state index is 0.301. The molecular formula is C18H20FNO2. The van der Waals surface area contributed by atoms with E-state index in [1.165, 1.54) is 12.1 Å². The second-order valence-corrected chi connectivity index (χ2v) is 5.45. The molecule has 1 atom stereocenters. The van der Waals surface area contributed by atoms with E-state index in [2.05, 4.69) is 19.2 Å².